The molecule has 0 amide bonds. The predicted molar refractivity (Wildman–Crippen MR) is 189 cm³/mol. The number of rotatable bonds is 2. The molecule has 0 unspecified atom stereocenters. The van der Waals surface area contributed by atoms with E-state index in [1.807, 2.05) is 24.4 Å². The van der Waals surface area contributed by atoms with Gasteiger partial charge in [-0.2, -0.15) is 0 Å². The van der Waals surface area contributed by atoms with Crippen molar-refractivity contribution in [3.05, 3.63) is 140 Å². The first-order valence-corrected chi connectivity index (χ1v) is 15.5. The van der Waals surface area contributed by atoms with Gasteiger partial charge in [0.25, 0.3) is 0 Å². The van der Waals surface area contributed by atoms with E-state index in [1.54, 1.807) is 6.20 Å². The number of hydrogen-bond acceptors (Lipinski definition) is 3. The highest BCUT2D eigenvalue weighted by molar-refractivity contribution is 6.36. The van der Waals surface area contributed by atoms with Crippen molar-refractivity contribution in [3.8, 4) is 17.2 Å². The zero-order valence-electron chi connectivity index (χ0n) is 24.5. The van der Waals surface area contributed by atoms with Gasteiger partial charge in [0.1, 0.15) is 0 Å². The summed E-state index contributed by atoms with van der Waals surface area (Å²) in [4.78, 5) is 15.1. The molecule has 5 nitrogen and oxygen atoms in total. The summed E-state index contributed by atoms with van der Waals surface area (Å²) in [6, 6.07) is 45.4. The van der Waals surface area contributed by atoms with Gasteiger partial charge in [-0.25, -0.2) is 9.97 Å². The minimum absolute atomic E-state index is 0.649. The molecular weight excluding hydrogens is 562 g/mol. The van der Waals surface area contributed by atoms with Gasteiger partial charge >= 0.3 is 0 Å². The zero-order valence-corrected chi connectivity index (χ0v) is 24.5. The van der Waals surface area contributed by atoms with Crippen LogP contribution >= 0.6 is 0 Å². The second-order valence-electron chi connectivity index (χ2n) is 12.1. The van der Waals surface area contributed by atoms with E-state index in [4.69, 9.17) is 9.97 Å². The third-order valence-electron chi connectivity index (χ3n) is 9.71. The van der Waals surface area contributed by atoms with Gasteiger partial charge in [-0.3, -0.25) is 9.55 Å². The van der Waals surface area contributed by atoms with E-state index in [1.165, 1.54) is 59.6 Å². The Morgan fingerprint density at radius 3 is 2.07 bits per heavy atom. The van der Waals surface area contributed by atoms with Gasteiger partial charge in [0.15, 0.2) is 0 Å². The molecule has 5 aromatic heterocycles. The van der Waals surface area contributed by atoms with Gasteiger partial charge in [-0.15, -0.1) is 0 Å². The van der Waals surface area contributed by atoms with Crippen LogP contribution in [-0.4, -0.2) is 23.9 Å². The lowest BCUT2D eigenvalue weighted by atomic mass is 10.0. The van der Waals surface area contributed by atoms with Crippen molar-refractivity contribution in [1.82, 2.24) is 23.9 Å². The van der Waals surface area contributed by atoms with Crippen LogP contribution in [-0.2, 0) is 0 Å². The average molecular weight is 586 g/mol. The Morgan fingerprint density at radius 2 is 1.22 bits per heavy atom. The minimum atomic E-state index is 0.649. The van der Waals surface area contributed by atoms with Crippen LogP contribution in [0.3, 0.4) is 0 Å². The first-order chi connectivity index (χ1) is 22.8. The van der Waals surface area contributed by atoms with Gasteiger partial charge in [-0.05, 0) is 53.2 Å². The van der Waals surface area contributed by atoms with Crippen molar-refractivity contribution in [2.75, 3.05) is 0 Å². The Labute approximate surface area is 261 Å². The molecule has 0 atom stereocenters. The fourth-order valence-electron chi connectivity index (χ4n) is 7.87. The van der Waals surface area contributed by atoms with Gasteiger partial charge in [-0.1, -0.05) is 84.9 Å². The molecule has 0 bridgehead atoms. The second-order valence-corrected chi connectivity index (χ2v) is 12.1. The number of pyridine rings is 1. The molecule has 0 radical (unpaired) electrons. The van der Waals surface area contributed by atoms with E-state index in [2.05, 4.69) is 123 Å². The molecule has 5 heteroatoms. The highest BCUT2D eigenvalue weighted by Gasteiger charge is 2.26. The smallest absolute Gasteiger partial charge is 0.235 e. The molecule has 46 heavy (non-hydrogen) atoms. The predicted octanol–water partition coefficient (Wildman–Crippen LogP) is 10.1. The van der Waals surface area contributed by atoms with Crippen LogP contribution in [0, 0.1) is 0 Å². The van der Waals surface area contributed by atoms with Crippen molar-refractivity contribution >= 4 is 81.6 Å². The van der Waals surface area contributed by atoms with Crippen molar-refractivity contribution in [3.63, 3.8) is 0 Å². The summed E-state index contributed by atoms with van der Waals surface area (Å²) in [6.07, 6.45) is 3.69. The number of fused-ring (bicyclic) bond motifs is 13. The number of para-hydroxylation sites is 3. The minimum Gasteiger partial charge on any atom is -0.308 e. The Hall–Kier alpha value is -6.33. The van der Waals surface area contributed by atoms with Crippen molar-refractivity contribution in [2.45, 2.75) is 0 Å². The average Bonchev–Trinajstić information content (AvgIpc) is 3.76. The number of hydrogen-bond donors (Lipinski definition) is 0. The summed E-state index contributed by atoms with van der Waals surface area (Å²) in [5.41, 5.74) is 8.60. The Kier molecular flexibility index (Phi) is 4.52. The van der Waals surface area contributed by atoms with Crippen LogP contribution in [0.4, 0.5) is 0 Å². The standard InChI is InChI=1S/C41H23N5/c1-2-12-26-24(10-1)19-20-35-36(26)31-22-30-27-13-4-7-17-33(27)45-34-18-8-5-15-29(34)37(39(30)45)40(31)46(35)41-43-32-16-6-3-14-28(32)38(44-41)25-11-9-21-42-23-25/h1-23H. The largest absolute Gasteiger partial charge is 0.308 e. The maximum atomic E-state index is 5.37. The third-order valence-corrected chi connectivity index (χ3v) is 9.71. The third kappa shape index (κ3) is 2.97. The Balaban J connectivity index is 1.43. The number of nitrogens with zero attached hydrogens (tertiary/aromatic N) is 5. The fraction of sp³-hybridized carbons (Fsp3) is 0. The van der Waals surface area contributed by atoms with Gasteiger partial charge in [0, 0.05) is 55.7 Å². The van der Waals surface area contributed by atoms with Gasteiger partial charge in [0.05, 0.1) is 38.8 Å². The normalized spacial score (nSPS) is 12.3. The SMILES string of the molecule is c1cncc(-c2nc(-n3c4ccc5ccccc5c4c4cc5c6ccccc6n6c7ccccc7c(c43)c56)nc3ccccc23)c1. The van der Waals surface area contributed by atoms with E-state index >= 15 is 0 Å². The summed E-state index contributed by atoms with van der Waals surface area (Å²) in [5.74, 6) is 0.649. The summed E-state index contributed by atoms with van der Waals surface area (Å²) in [7, 11) is 0. The van der Waals surface area contributed by atoms with Crippen LogP contribution in [0.2, 0.25) is 0 Å². The lowest BCUT2D eigenvalue weighted by Gasteiger charge is -2.12. The van der Waals surface area contributed by atoms with Crippen LogP contribution < -0.4 is 0 Å². The van der Waals surface area contributed by atoms with E-state index in [9.17, 15) is 0 Å². The summed E-state index contributed by atoms with van der Waals surface area (Å²) in [6.45, 7) is 0. The first kappa shape index (κ1) is 24.0. The zero-order chi connectivity index (χ0) is 29.9. The van der Waals surface area contributed by atoms with Crippen LogP contribution in [0.15, 0.2) is 140 Å². The lowest BCUT2D eigenvalue weighted by Crippen LogP contribution is -2.03. The van der Waals surface area contributed by atoms with Crippen molar-refractivity contribution in [2.24, 2.45) is 0 Å². The maximum absolute atomic E-state index is 5.37. The van der Waals surface area contributed by atoms with E-state index in [0.29, 0.717) is 5.95 Å². The molecule has 0 aliphatic heterocycles. The Bertz CT molecular complexity index is 3020. The number of benzene rings is 6. The molecule has 0 spiro atoms. The van der Waals surface area contributed by atoms with E-state index in [-0.39, 0.29) is 0 Å². The van der Waals surface area contributed by atoms with Gasteiger partial charge in [0.2, 0.25) is 5.95 Å². The van der Waals surface area contributed by atoms with Crippen LogP contribution in [0.25, 0.3) is 98.8 Å². The molecule has 5 heterocycles. The highest BCUT2D eigenvalue weighted by Crippen LogP contribution is 2.47. The second kappa shape index (κ2) is 8.65. The summed E-state index contributed by atoms with van der Waals surface area (Å²) < 4.78 is 4.75. The molecule has 0 aliphatic rings. The molecule has 0 fully saturated rings. The fourth-order valence-corrected chi connectivity index (χ4v) is 7.87. The molecule has 0 aliphatic carbocycles. The molecule has 0 saturated heterocycles. The molecule has 11 rings (SSSR count). The molecule has 212 valence electrons. The first-order valence-electron chi connectivity index (χ1n) is 15.5. The van der Waals surface area contributed by atoms with Crippen LogP contribution in [0.1, 0.15) is 0 Å². The summed E-state index contributed by atoms with van der Waals surface area (Å²) >= 11 is 0. The van der Waals surface area contributed by atoms with E-state index in [0.717, 1.165) is 33.2 Å². The molecule has 6 aromatic carbocycles. The molecule has 11 aromatic rings. The quantitative estimate of drug-likeness (QED) is 0.203. The lowest BCUT2D eigenvalue weighted by molar-refractivity contribution is 1.02. The summed E-state index contributed by atoms with van der Waals surface area (Å²) in [5, 5.41) is 10.8. The van der Waals surface area contributed by atoms with Crippen molar-refractivity contribution in [1.29, 1.82) is 0 Å². The maximum Gasteiger partial charge on any atom is 0.235 e. The molecule has 0 saturated carbocycles. The molecule has 0 N–H and O–H groups in total. The van der Waals surface area contributed by atoms with E-state index < -0.39 is 0 Å². The van der Waals surface area contributed by atoms with Crippen LogP contribution in [0.5, 0.6) is 0 Å². The monoisotopic (exact) mass is 585 g/mol. The topological polar surface area (TPSA) is 48.0 Å². The number of aromatic nitrogens is 5. The van der Waals surface area contributed by atoms with Crippen molar-refractivity contribution < 1.29 is 0 Å². The molecular formula is C41H23N5. The Morgan fingerprint density at radius 1 is 0.478 bits per heavy atom. The highest BCUT2D eigenvalue weighted by atomic mass is 15.2. The van der Waals surface area contributed by atoms with Gasteiger partial charge < -0.3 is 4.40 Å².